The number of fused-ring (bicyclic) bond motifs is 1. The Kier molecular flexibility index (Phi) is 10.4. The molecule has 194 valence electrons. The lowest BCUT2D eigenvalue weighted by molar-refractivity contribution is 0.239. The van der Waals surface area contributed by atoms with E-state index in [0.29, 0.717) is 6.54 Å². The summed E-state index contributed by atoms with van der Waals surface area (Å²) < 4.78 is 1.89. The highest BCUT2D eigenvalue weighted by molar-refractivity contribution is 5.35. The topological polar surface area (TPSA) is 38.1 Å². The zero-order chi connectivity index (χ0) is 26.8. The van der Waals surface area contributed by atoms with Gasteiger partial charge in [0.15, 0.2) is 0 Å². The molecule has 5 rings (SSSR count). The van der Waals surface area contributed by atoms with Crippen LogP contribution in [0, 0.1) is 13.8 Å². The molecule has 4 aromatic rings. The minimum Gasteiger partial charge on any atom is -0.294 e. The molecule has 0 amide bonds. The van der Waals surface area contributed by atoms with Crippen molar-refractivity contribution >= 4 is 0 Å². The number of hydrogen-bond acceptors (Lipinski definition) is 3. The maximum atomic E-state index is 14.0. The Labute approximate surface area is 222 Å². The molecular weight excluding hydrogens is 454 g/mol. The standard InChI is InChI=1S/C29H29N3O.2C2H6/c1-21-11-9-10-16-25(21)19-31-18-17-27-26(20-31)29(33)32(22(2)30-27)28(23-12-5-3-6-13-23)24-14-7-4-8-15-24;2*1-2/h3-16,28H,17-20H2,1-2H3;2*1-2H3. The fraction of sp³-hybridized carbons (Fsp3) is 0.333. The van der Waals surface area contributed by atoms with Gasteiger partial charge in [0.1, 0.15) is 5.82 Å². The van der Waals surface area contributed by atoms with Crippen molar-refractivity contribution in [1.29, 1.82) is 0 Å². The summed E-state index contributed by atoms with van der Waals surface area (Å²) in [5, 5.41) is 0. The van der Waals surface area contributed by atoms with Gasteiger partial charge in [-0.2, -0.15) is 0 Å². The first-order valence-electron chi connectivity index (χ1n) is 13.6. The van der Waals surface area contributed by atoms with Gasteiger partial charge in [-0.05, 0) is 36.1 Å². The van der Waals surface area contributed by atoms with E-state index >= 15 is 0 Å². The summed E-state index contributed by atoms with van der Waals surface area (Å²) in [6, 6.07) is 28.8. The molecular formula is C33H41N3O. The van der Waals surface area contributed by atoms with Crippen LogP contribution in [-0.4, -0.2) is 21.0 Å². The third-order valence-electron chi connectivity index (χ3n) is 6.66. The molecule has 0 saturated heterocycles. The number of hydrogen-bond donors (Lipinski definition) is 0. The van der Waals surface area contributed by atoms with Crippen LogP contribution in [-0.2, 0) is 19.5 Å². The average molecular weight is 496 g/mol. The summed E-state index contributed by atoms with van der Waals surface area (Å²) in [6.07, 6.45) is 0.805. The van der Waals surface area contributed by atoms with Crippen LogP contribution in [0.3, 0.4) is 0 Å². The molecule has 37 heavy (non-hydrogen) atoms. The number of benzene rings is 3. The van der Waals surface area contributed by atoms with Gasteiger partial charge >= 0.3 is 0 Å². The van der Waals surface area contributed by atoms with Gasteiger partial charge in [0.25, 0.3) is 5.56 Å². The van der Waals surface area contributed by atoms with Gasteiger partial charge in [0.05, 0.1) is 17.3 Å². The predicted octanol–water partition coefficient (Wildman–Crippen LogP) is 7.11. The Hall–Kier alpha value is -3.50. The normalized spacial score (nSPS) is 12.6. The average Bonchev–Trinajstić information content (AvgIpc) is 2.96. The minimum absolute atomic E-state index is 0.0738. The highest BCUT2D eigenvalue weighted by Gasteiger charge is 2.27. The van der Waals surface area contributed by atoms with E-state index < -0.39 is 0 Å². The Balaban J connectivity index is 0.000000907. The summed E-state index contributed by atoms with van der Waals surface area (Å²) >= 11 is 0. The molecule has 0 spiro atoms. The first-order chi connectivity index (χ1) is 18.1. The summed E-state index contributed by atoms with van der Waals surface area (Å²) in [6.45, 7) is 14.5. The molecule has 1 aromatic heterocycles. The van der Waals surface area contributed by atoms with Crippen molar-refractivity contribution in [3.8, 4) is 0 Å². The van der Waals surface area contributed by atoms with Gasteiger partial charge in [-0.1, -0.05) is 113 Å². The van der Waals surface area contributed by atoms with Crippen molar-refractivity contribution in [2.45, 2.75) is 67.1 Å². The molecule has 0 radical (unpaired) electrons. The van der Waals surface area contributed by atoms with Crippen LogP contribution in [0.5, 0.6) is 0 Å². The maximum absolute atomic E-state index is 14.0. The molecule has 0 bridgehead atoms. The summed E-state index contributed by atoms with van der Waals surface area (Å²) in [7, 11) is 0. The Bertz CT molecular complexity index is 1270. The molecule has 1 aliphatic rings. The first kappa shape index (κ1) is 28.1. The van der Waals surface area contributed by atoms with Gasteiger partial charge in [0.2, 0.25) is 0 Å². The van der Waals surface area contributed by atoms with Crippen LogP contribution in [0.1, 0.15) is 73.1 Å². The van der Waals surface area contributed by atoms with Crippen LogP contribution < -0.4 is 5.56 Å². The molecule has 0 aliphatic carbocycles. The van der Waals surface area contributed by atoms with E-state index in [4.69, 9.17) is 4.98 Å². The molecule has 0 unspecified atom stereocenters. The van der Waals surface area contributed by atoms with Crippen molar-refractivity contribution < 1.29 is 0 Å². The molecule has 0 saturated carbocycles. The van der Waals surface area contributed by atoms with E-state index in [9.17, 15) is 4.79 Å². The smallest absolute Gasteiger partial charge is 0.259 e. The molecule has 4 heteroatoms. The van der Waals surface area contributed by atoms with E-state index in [1.807, 2.05) is 75.6 Å². The molecule has 2 heterocycles. The Morgan fingerprint density at radius 1 is 0.784 bits per heavy atom. The quantitative estimate of drug-likeness (QED) is 0.296. The SMILES string of the molecule is CC.CC.Cc1ccccc1CN1CCc2nc(C)n(C(c3ccccc3)c3ccccc3)c(=O)c2C1. The maximum Gasteiger partial charge on any atom is 0.259 e. The number of nitrogens with zero attached hydrogens (tertiary/aromatic N) is 3. The zero-order valence-corrected chi connectivity index (χ0v) is 23.2. The lowest BCUT2D eigenvalue weighted by Gasteiger charge is -2.30. The zero-order valence-electron chi connectivity index (χ0n) is 23.2. The third-order valence-corrected chi connectivity index (χ3v) is 6.66. The van der Waals surface area contributed by atoms with Gasteiger partial charge in [0, 0.05) is 26.1 Å². The minimum atomic E-state index is -0.204. The van der Waals surface area contributed by atoms with E-state index in [0.717, 1.165) is 47.7 Å². The van der Waals surface area contributed by atoms with E-state index in [2.05, 4.69) is 60.4 Å². The molecule has 0 fully saturated rings. The Morgan fingerprint density at radius 2 is 1.32 bits per heavy atom. The summed E-state index contributed by atoms with van der Waals surface area (Å²) in [5.41, 5.74) is 6.63. The van der Waals surface area contributed by atoms with Gasteiger partial charge in [-0.15, -0.1) is 0 Å². The fourth-order valence-corrected chi connectivity index (χ4v) is 4.89. The number of aryl methyl sites for hydroxylation is 2. The molecule has 4 nitrogen and oxygen atoms in total. The van der Waals surface area contributed by atoms with Crippen molar-refractivity contribution in [3.63, 3.8) is 0 Å². The predicted molar refractivity (Wildman–Crippen MR) is 155 cm³/mol. The second kappa shape index (κ2) is 13.7. The monoisotopic (exact) mass is 495 g/mol. The van der Waals surface area contributed by atoms with Gasteiger partial charge in [-0.3, -0.25) is 14.3 Å². The fourth-order valence-electron chi connectivity index (χ4n) is 4.89. The second-order valence-electron chi connectivity index (χ2n) is 8.87. The molecule has 3 aromatic carbocycles. The number of rotatable bonds is 5. The lowest BCUT2D eigenvalue weighted by atomic mass is 9.97. The highest BCUT2D eigenvalue weighted by Crippen LogP contribution is 2.27. The van der Waals surface area contributed by atoms with E-state index in [-0.39, 0.29) is 11.6 Å². The summed E-state index contributed by atoms with van der Waals surface area (Å²) in [4.78, 5) is 21.3. The van der Waals surface area contributed by atoms with Crippen LogP contribution in [0.4, 0.5) is 0 Å². The molecule has 0 atom stereocenters. The number of aromatic nitrogens is 2. The lowest BCUT2D eigenvalue weighted by Crippen LogP contribution is -2.40. The van der Waals surface area contributed by atoms with Gasteiger partial charge < -0.3 is 0 Å². The third kappa shape index (κ3) is 6.44. The van der Waals surface area contributed by atoms with Crippen LogP contribution >= 0.6 is 0 Å². The van der Waals surface area contributed by atoms with Crippen LogP contribution in [0.15, 0.2) is 89.7 Å². The van der Waals surface area contributed by atoms with E-state index in [1.54, 1.807) is 0 Å². The largest absolute Gasteiger partial charge is 0.294 e. The first-order valence-corrected chi connectivity index (χ1v) is 13.6. The van der Waals surface area contributed by atoms with Crippen molar-refractivity contribution in [3.05, 3.63) is 135 Å². The van der Waals surface area contributed by atoms with Crippen molar-refractivity contribution in [2.75, 3.05) is 6.54 Å². The second-order valence-corrected chi connectivity index (χ2v) is 8.87. The highest BCUT2D eigenvalue weighted by atomic mass is 16.1. The molecule has 0 N–H and O–H groups in total. The summed E-state index contributed by atoms with van der Waals surface area (Å²) in [5.74, 6) is 0.767. The van der Waals surface area contributed by atoms with Crippen molar-refractivity contribution in [2.24, 2.45) is 0 Å². The molecule has 1 aliphatic heterocycles. The Morgan fingerprint density at radius 3 is 1.89 bits per heavy atom. The van der Waals surface area contributed by atoms with Crippen LogP contribution in [0.25, 0.3) is 0 Å². The van der Waals surface area contributed by atoms with Gasteiger partial charge in [-0.25, -0.2) is 4.98 Å². The van der Waals surface area contributed by atoms with E-state index in [1.165, 1.54) is 11.1 Å². The van der Waals surface area contributed by atoms with Crippen molar-refractivity contribution in [1.82, 2.24) is 14.5 Å². The van der Waals surface area contributed by atoms with Crippen LogP contribution in [0.2, 0.25) is 0 Å².